The van der Waals surface area contributed by atoms with Gasteiger partial charge in [0, 0.05) is 12.6 Å². The van der Waals surface area contributed by atoms with Crippen molar-refractivity contribution >= 4 is 0 Å². The van der Waals surface area contributed by atoms with E-state index in [4.69, 9.17) is 10.5 Å². The second-order valence-corrected chi connectivity index (χ2v) is 5.05. The molecule has 0 fully saturated rings. The number of rotatable bonds is 5. The van der Waals surface area contributed by atoms with Crippen LogP contribution in [0.5, 0.6) is 0 Å². The highest BCUT2D eigenvalue weighted by atomic mass is 19.4. The largest absolute Gasteiger partial charge is 0.416 e. The molecule has 0 heterocycles. The zero-order valence-electron chi connectivity index (χ0n) is 11.4. The molecule has 1 rings (SSSR count). The Morgan fingerprint density at radius 2 is 1.89 bits per heavy atom. The van der Waals surface area contributed by atoms with E-state index in [0.717, 1.165) is 12.1 Å². The molecule has 0 saturated carbocycles. The summed E-state index contributed by atoms with van der Waals surface area (Å²) >= 11 is 0. The van der Waals surface area contributed by atoms with Gasteiger partial charge in [0.1, 0.15) is 0 Å². The van der Waals surface area contributed by atoms with Crippen LogP contribution in [0.3, 0.4) is 0 Å². The molecule has 19 heavy (non-hydrogen) atoms. The Bertz CT molecular complexity index is 415. The van der Waals surface area contributed by atoms with Crippen molar-refractivity contribution in [1.82, 2.24) is 0 Å². The van der Waals surface area contributed by atoms with Crippen molar-refractivity contribution in [3.8, 4) is 0 Å². The van der Waals surface area contributed by atoms with Crippen molar-refractivity contribution in [3.63, 3.8) is 0 Å². The normalized spacial score (nSPS) is 14.5. The molecule has 0 amide bonds. The fourth-order valence-corrected chi connectivity index (χ4v) is 1.85. The summed E-state index contributed by atoms with van der Waals surface area (Å²) in [5.74, 6) is 0. The van der Waals surface area contributed by atoms with Crippen molar-refractivity contribution in [3.05, 3.63) is 35.4 Å². The quantitative estimate of drug-likeness (QED) is 0.894. The van der Waals surface area contributed by atoms with E-state index in [0.29, 0.717) is 18.6 Å². The van der Waals surface area contributed by atoms with Crippen LogP contribution in [-0.2, 0) is 17.3 Å². The summed E-state index contributed by atoms with van der Waals surface area (Å²) in [5.41, 5.74) is 5.37. The zero-order valence-corrected chi connectivity index (χ0v) is 11.4. The number of alkyl halides is 3. The predicted octanol–water partition coefficient (Wildman–Crippen LogP) is 3.39. The maximum Gasteiger partial charge on any atom is 0.416 e. The van der Waals surface area contributed by atoms with Crippen LogP contribution in [0.15, 0.2) is 24.3 Å². The fraction of sp³-hybridized carbons (Fsp3) is 0.571. The smallest absolute Gasteiger partial charge is 0.374 e. The highest BCUT2D eigenvalue weighted by molar-refractivity contribution is 5.26. The van der Waals surface area contributed by atoms with Crippen molar-refractivity contribution in [2.24, 2.45) is 5.73 Å². The van der Waals surface area contributed by atoms with Crippen LogP contribution in [0.25, 0.3) is 0 Å². The van der Waals surface area contributed by atoms with Crippen LogP contribution in [0.1, 0.15) is 31.9 Å². The lowest BCUT2D eigenvalue weighted by Crippen LogP contribution is -2.46. The molecule has 108 valence electrons. The molecule has 0 radical (unpaired) electrons. The molecule has 1 atom stereocenters. The topological polar surface area (TPSA) is 35.2 Å². The molecule has 1 aromatic rings. The molecule has 0 aromatic heterocycles. The first-order valence-corrected chi connectivity index (χ1v) is 6.22. The Morgan fingerprint density at radius 3 is 2.42 bits per heavy atom. The molecular formula is C14H20F3NO. The molecule has 0 aliphatic rings. The van der Waals surface area contributed by atoms with E-state index in [9.17, 15) is 13.2 Å². The third-order valence-corrected chi connectivity index (χ3v) is 3.12. The summed E-state index contributed by atoms with van der Waals surface area (Å²) < 4.78 is 43.3. The Kier molecular flexibility index (Phi) is 4.98. The van der Waals surface area contributed by atoms with Gasteiger partial charge in [0.25, 0.3) is 0 Å². The first kappa shape index (κ1) is 16.0. The third-order valence-electron chi connectivity index (χ3n) is 3.12. The SMILES string of the molecule is CCOC(C)(C)C(N)Cc1cccc(C(F)(F)F)c1. The molecule has 0 aliphatic carbocycles. The maximum absolute atomic E-state index is 12.6. The number of benzene rings is 1. The number of hydrogen-bond donors (Lipinski definition) is 1. The molecule has 0 aliphatic heterocycles. The van der Waals surface area contributed by atoms with Gasteiger partial charge in [-0.25, -0.2) is 0 Å². The first-order valence-electron chi connectivity index (χ1n) is 6.22. The lowest BCUT2D eigenvalue weighted by Gasteiger charge is -2.31. The predicted molar refractivity (Wildman–Crippen MR) is 68.8 cm³/mol. The second-order valence-electron chi connectivity index (χ2n) is 5.05. The van der Waals surface area contributed by atoms with E-state index in [-0.39, 0.29) is 6.04 Å². The Balaban J connectivity index is 2.83. The summed E-state index contributed by atoms with van der Waals surface area (Å²) in [6, 6.07) is 4.89. The minimum atomic E-state index is -4.32. The lowest BCUT2D eigenvalue weighted by molar-refractivity contribution is -0.137. The van der Waals surface area contributed by atoms with Crippen LogP contribution >= 0.6 is 0 Å². The minimum absolute atomic E-state index is 0.344. The summed E-state index contributed by atoms with van der Waals surface area (Å²) in [5, 5.41) is 0. The highest BCUT2D eigenvalue weighted by Crippen LogP contribution is 2.30. The van der Waals surface area contributed by atoms with Gasteiger partial charge in [-0.3, -0.25) is 0 Å². The van der Waals surface area contributed by atoms with Crippen molar-refractivity contribution < 1.29 is 17.9 Å². The van der Waals surface area contributed by atoms with Crippen LogP contribution in [0.2, 0.25) is 0 Å². The van der Waals surface area contributed by atoms with E-state index in [1.165, 1.54) is 6.07 Å². The van der Waals surface area contributed by atoms with Gasteiger partial charge in [-0.15, -0.1) is 0 Å². The van der Waals surface area contributed by atoms with Crippen LogP contribution in [0, 0.1) is 0 Å². The first-order chi connectivity index (χ1) is 8.66. The van der Waals surface area contributed by atoms with Gasteiger partial charge >= 0.3 is 6.18 Å². The van der Waals surface area contributed by atoms with E-state index in [1.807, 2.05) is 20.8 Å². The van der Waals surface area contributed by atoms with E-state index >= 15 is 0 Å². The van der Waals surface area contributed by atoms with E-state index < -0.39 is 17.3 Å². The molecule has 0 bridgehead atoms. The van der Waals surface area contributed by atoms with Gasteiger partial charge in [0.05, 0.1) is 11.2 Å². The summed E-state index contributed by atoms with van der Waals surface area (Å²) in [6.07, 6.45) is -3.98. The van der Waals surface area contributed by atoms with Crippen LogP contribution in [-0.4, -0.2) is 18.2 Å². The van der Waals surface area contributed by atoms with Gasteiger partial charge < -0.3 is 10.5 Å². The lowest BCUT2D eigenvalue weighted by atomic mass is 9.92. The number of halogens is 3. The zero-order chi connectivity index (χ0) is 14.7. The number of hydrogen-bond acceptors (Lipinski definition) is 2. The number of ether oxygens (including phenoxy) is 1. The van der Waals surface area contributed by atoms with Crippen molar-refractivity contribution in [2.75, 3.05) is 6.61 Å². The molecule has 1 unspecified atom stereocenters. The molecule has 2 nitrogen and oxygen atoms in total. The van der Waals surface area contributed by atoms with E-state index in [2.05, 4.69) is 0 Å². The standard InChI is InChI=1S/C14H20F3NO/c1-4-19-13(2,3)12(18)9-10-6-5-7-11(8-10)14(15,16)17/h5-8,12H,4,9,18H2,1-3H3. The van der Waals surface area contributed by atoms with Crippen molar-refractivity contribution in [2.45, 2.75) is 45.0 Å². The number of nitrogens with two attached hydrogens (primary N) is 1. The second kappa shape index (κ2) is 5.92. The summed E-state index contributed by atoms with van der Waals surface area (Å²) in [4.78, 5) is 0. The van der Waals surface area contributed by atoms with Gasteiger partial charge in [-0.1, -0.05) is 18.2 Å². The Hall–Kier alpha value is -1.07. The Labute approximate surface area is 111 Å². The van der Waals surface area contributed by atoms with Crippen molar-refractivity contribution in [1.29, 1.82) is 0 Å². The average molecular weight is 275 g/mol. The van der Waals surface area contributed by atoms with Gasteiger partial charge in [-0.2, -0.15) is 13.2 Å². The maximum atomic E-state index is 12.6. The molecule has 1 aromatic carbocycles. The van der Waals surface area contributed by atoms with Gasteiger partial charge in [-0.05, 0) is 38.8 Å². The monoisotopic (exact) mass is 275 g/mol. The molecular weight excluding hydrogens is 255 g/mol. The molecule has 0 saturated heterocycles. The molecule has 2 N–H and O–H groups in total. The summed E-state index contributed by atoms with van der Waals surface area (Å²) in [7, 11) is 0. The molecule has 5 heteroatoms. The fourth-order valence-electron chi connectivity index (χ4n) is 1.85. The van der Waals surface area contributed by atoms with Crippen LogP contribution in [0.4, 0.5) is 13.2 Å². The van der Waals surface area contributed by atoms with E-state index in [1.54, 1.807) is 6.07 Å². The van der Waals surface area contributed by atoms with Gasteiger partial charge in [0.15, 0.2) is 0 Å². The molecule has 0 spiro atoms. The van der Waals surface area contributed by atoms with Gasteiger partial charge in [0.2, 0.25) is 0 Å². The summed E-state index contributed by atoms with van der Waals surface area (Å²) in [6.45, 7) is 6.06. The third kappa shape index (κ3) is 4.51. The van der Waals surface area contributed by atoms with Crippen LogP contribution < -0.4 is 5.73 Å². The highest BCUT2D eigenvalue weighted by Gasteiger charge is 2.31. The minimum Gasteiger partial charge on any atom is -0.374 e. The average Bonchev–Trinajstić information content (AvgIpc) is 2.28. The Morgan fingerprint density at radius 1 is 1.26 bits per heavy atom.